The van der Waals surface area contributed by atoms with Crippen LogP contribution in [0, 0.1) is 5.92 Å². The smallest absolute Gasteiger partial charge is 0.352 e. The predicted octanol–water partition coefficient (Wildman–Crippen LogP) is 3.65. The molecule has 0 aromatic heterocycles. The van der Waals surface area contributed by atoms with Crippen LogP contribution in [0.2, 0.25) is 0 Å². The fourth-order valence-corrected chi connectivity index (χ4v) is 2.81. The highest BCUT2D eigenvalue weighted by Crippen LogP contribution is 2.29. The number of nitrogens with two attached hydrogens (primary N) is 1. The molecule has 2 rings (SSSR count). The van der Waals surface area contributed by atoms with Crippen molar-refractivity contribution in [3.05, 3.63) is 35.4 Å². The van der Waals surface area contributed by atoms with E-state index in [-0.39, 0.29) is 36.8 Å². The summed E-state index contributed by atoms with van der Waals surface area (Å²) in [6.45, 7) is 0.235. The van der Waals surface area contributed by atoms with Gasteiger partial charge >= 0.3 is 6.18 Å². The molecule has 0 saturated heterocycles. The zero-order chi connectivity index (χ0) is 16.2. The topological polar surface area (TPSA) is 55.1 Å². The third-order valence-corrected chi connectivity index (χ3v) is 4.19. The second kappa shape index (κ2) is 8.55. The first-order chi connectivity index (χ1) is 10.4. The van der Waals surface area contributed by atoms with Crippen LogP contribution >= 0.6 is 12.4 Å². The Kier molecular flexibility index (Phi) is 7.35. The van der Waals surface area contributed by atoms with E-state index in [2.05, 4.69) is 5.32 Å². The summed E-state index contributed by atoms with van der Waals surface area (Å²) >= 11 is 0. The largest absolute Gasteiger partial charge is 0.416 e. The summed E-state index contributed by atoms with van der Waals surface area (Å²) in [5.74, 6) is 0.114. The van der Waals surface area contributed by atoms with Gasteiger partial charge in [-0.25, -0.2) is 0 Å². The van der Waals surface area contributed by atoms with Gasteiger partial charge in [0, 0.05) is 19.0 Å². The van der Waals surface area contributed by atoms with Crippen LogP contribution in [0.4, 0.5) is 13.2 Å². The molecule has 0 aliphatic heterocycles. The molecule has 2 unspecified atom stereocenters. The number of hydrogen-bond donors (Lipinski definition) is 2. The van der Waals surface area contributed by atoms with E-state index in [0.29, 0.717) is 12.0 Å². The molecule has 1 saturated carbocycles. The first-order valence-corrected chi connectivity index (χ1v) is 7.54. The van der Waals surface area contributed by atoms with Crippen molar-refractivity contribution in [2.45, 2.75) is 50.9 Å². The number of alkyl halides is 3. The number of nitrogens with one attached hydrogen (secondary N) is 1. The number of carbonyl (C=O) groups excluding carboxylic acids is 1. The van der Waals surface area contributed by atoms with Crippen molar-refractivity contribution in [1.29, 1.82) is 0 Å². The molecule has 23 heavy (non-hydrogen) atoms. The van der Waals surface area contributed by atoms with Crippen LogP contribution in [0.1, 0.15) is 43.2 Å². The molecule has 1 amide bonds. The van der Waals surface area contributed by atoms with Crippen molar-refractivity contribution < 1.29 is 18.0 Å². The maximum Gasteiger partial charge on any atom is 0.416 e. The minimum Gasteiger partial charge on any atom is -0.352 e. The molecule has 3 N–H and O–H groups in total. The van der Waals surface area contributed by atoms with Gasteiger partial charge in [-0.05, 0) is 36.5 Å². The maximum atomic E-state index is 12.4. The highest BCUT2D eigenvalue weighted by molar-refractivity contribution is 5.85. The lowest BCUT2D eigenvalue weighted by Crippen LogP contribution is -2.36. The molecule has 7 heteroatoms. The van der Waals surface area contributed by atoms with E-state index in [9.17, 15) is 18.0 Å². The van der Waals surface area contributed by atoms with E-state index in [1.54, 1.807) is 0 Å². The predicted molar refractivity (Wildman–Crippen MR) is 85.1 cm³/mol. The van der Waals surface area contributed by atoms with Crippen LogP contribution in [-0.4, -0.2) is 11.9 Å². The van der Waals surface area contributed by atoms with Crippen molar-refractivity contribution in [3.63, 3.8) is 0 Å². The molecule has 1 aliphatic rings. The number of halogens is 4. The molecule has 1 fully saturated rings. The zero-order valence-corrected chi connectivity index (χ0v) is 13.6. The van der Waals surface area contributed by atoms with Crippen molar-refractivity contribution in [2.24, 2.45) is 11.7 Å². The van der Waals surface area contributed by atoms with Crippen LogP contribution in [-0.2, 0) is 17.5 Å². The summed E-state index contributed by atoms with van der Waals surface area (Å²) in [6.07, 6.45) is 0.196. The van der Waals surface area contributed by atoms with E-state index in [0.717, 1.165) is 37.8 Å². The van der Waals surface area contributed by atoms with Gasteiger partial charge in [-0.15, -0.1) is 12.4 Å². The van der Waals surface area contributed by atoms with Gasteiger partial charge in [0.1, 0.15) is 0 Å². The highest BCUT2D eigenvalue weighted by atomic mass is 35.5. The van der Waals surface area contributed by atoms with Crippen LogP contribution in [0.15, 0.2) is 24.3 Å². The number of hydrogen-bond acceptors (Lipinski definition) is 2. The van der Waals surface area contributed by atoms with Gasteiger partial charge in [0.25, 0.3) is 0 Å². The molecule has 0 heterocycles. The molecule has 0 bridgehead atoms. The Morgan fingerprint density at radius 2 is 1.78 bits per heavy atom. The molecule has 1 aromatic carbocycles. The van der Waals surface area contributed by atoms with Crippen molar-refractivity contribution in [2.75, 3.05) is 0 Å². The maximum absolute atomic E-state index is 12.4. The molecule has 0 spiro atoms. The fraction of sp³-hybridized carbons (Fsp3) is 0.562. The van der Waals surface area contributed by atoms with Gasteiger partial charge in [0.05, 0.1) is 5.56 Å². The fourth-order valence-electron chi connectivity index (χ4n) is 2.81. The second-order valence-corrected chi connectivity index (χ2v) is 5.88. The van der Waals surface area contributed by atoms with Gasteiger partial charge < -0.3 is 11.1 Å². The Morgan fingerprint density at radius 1 is 1.17 bits per heavy atom. The first kappa shape index (κ1) is 19.8. The Balaban J connectivity index is 0.00000264. The zero-order valence-electron chi connectivity index (χ0n) is 12.7. The third-order valence-electron chi connectivity index (χ3n) is 4.19. The summed E-state index contributed by atoms with van der Waals surface area (Å²) in [4.78, 5) is 11.9. The van der Waals surface area contributed by atoms with Crippen LogP contribution in [0.25, 0.3) is 0 Å². The van der Waals surface area contributed by atoms with E-state index in [4.69, 9.17) is 5.73 Å². The van der Waals surface area contributed by atoms with Crippen LogP contribution in [0.5, 0.6) is 0 Å². The van der Waals surface area contributed by atoms with E-state index in [1.165, 1.54) is 12.1 Å². The second-order valence-electron chi connectivity index (χ2n) is 5.88. The van der Waals surface area contributed by atoms with E-state index in [1.807, 2.05) is 0 Å². The lowest BCUT2D eigenvalue weighted by Gasteiger charge is -2.27. The van der Waals surface area contributed by atoms with Gasteiger partial charge in [0.15, 0.2) is 0 Å². The monoisotopic (exact) mass is 350 g/mol. The molecule has 0 radical (unpaired) electrons. The molecule has 1 aliphatic carbocycles. The summed E-state index contributed by atoms with van der Waals surface area (Å²) in [5, 5.41) is 2.75. The summed E-state index contributed by atoms with van der Waals surface area (Å²) in [7, 11) is 0. The normalized spacial score (nSPS) is 21.4. The average Bonchev–Trinajstić information content (AvgIpc) is 2.47. The van der Waals surface area contributed by atoms with Crippen LogP contribution in [0.3, 0.4) is 0 Å². The van der Waals surface area contributed by atoms with E-state index >= 15 is 0 Å². The quantitative estimate of drug-likeness (QED) is 0.870. The number of amides is 1. The van der Waals surface area contributed by atoms with Crippen LogP contribution < -0.4 is 11.1 Å². The Bertz CT molecular complexity index is 505. The number of benzene rings is 1. The average molecular weight is 351 g/mol. The van der Waals surface area contributed by atoms with Gasteiger partial charge in [0.2, 0.25) is 5.91 Å². The first-order valence-electron chi connectivity index (χ1n) is 7.54. The van der Waals surface area contributed by atoms with Gasteiger partial charge in [-0.1, -0.05) is 25.0 Å². The molecular formula is C16H22ClF3N2O. The summed E-state index contributed by atoms with van der Waals surface area (Å²) in [5.41, 5.74) is 5.97. The minimum absolute atomic E-state index is 0. The van der Waals surface area contributed by atoms with Crippen molar-refractivity contribution in [1.82, 2.24) is 5.32 Å². The Hall–Kier alpha value is -1.27. The lowest BCUT2D eigenvalue weighted by atomic mass is 9.83. The standard InChI is InChI=1S/C16H21F3N2O.ClH/c17-16(18,19)13-7-5-11(6-8-13)10-21-15(22)9-12-3-1-2-4-14(12)20;/h5-8,12,14H,1-4,9-10,20H2,(H,21,22);1H. The SMILES string of the molecule is Cl.NC1CCCCC1CC(=O)NCc1ccc(C(F)(F)F)cc1. The molecule has 3 nitrogen and oxygen atoms in total. The molecular weight excluding hydrogens is 329 g/mol. The number of carbonyl (C=O) groups is 1. The summed E-state index contributed by atoms with van der Waals surface area (Å²) in [6, 6.07) is 4.90. The Labute approximate surface area is 140 Å². The lowest BCUT2D eigenvalue weighted by molar-refractivity contribution is -0.137. The summed E-state index contributed by atoms with van der Waals surface area (Å²) < 4.78 is 37.3. The third kappa shape index (κ3) is 6.03. The van der Waals surface area contributed by atoms with Gasteiger partial charge in [-0.3, -0.25) is 4.79 Å². The Morgan fingerprint density at radius 3 is 2.35 bits per heavy atom. The molecule has 130 valence electrons. The van der Waals surface area contributed by atoms with Crippen molar-refractivity contribution >= 4 is 18.3 Å². The van der Waals surface area contributed by atoms with E-state index < -0.39 is 11.7 Å². The van der Waals surface area contributed by atoms with Gasteiger partial charge in [-0.2, -0.15) is 13.2 Å². The highest BCUT2D eigenvalue weighted by Gasteiger charge is 2.30. The number of rotatable bonds is 4. The minimum atomic E-state index is -4.33. The molecule has 2 atom stereocenters. The molecule has 1 aromatic rings. The van der Waals surface area contributed by atoms with Crippen molar-refractivity contribution in [3.8, 4) is 0 Å².